The Morgan fingerprint density at radius 3 is 2.76 bits per heavy atom. The molecule has 112 valence electrons. The molecule has 2 rings (SSSR count). The molecule has 1 aliphatic rings. The molecule has 0 bridgehead atoms. The van der Waals surface area contributed by atoms with Crippen LogP contribution < -0.4 is 11.5 Å². The van der Waals surface area contributed by atoms with Gasteiger partial charge in [-0.05, 0) is 25.0 Å². The zero-order chi connectivity index (χ0) is 15.5. The number of benzene rings is 1. The monoisotopic (exact) mass is 307 g/mol. The van der Waals surface area contributed by atoms with E-state index in [1.165, 1.54) is 6.07 Å². The van der Waals surface area contributed by atoms with Gasteiger partial charge in [-0.25, -0.2) is 8.42 Å². The number of carbonyl (C=O) groups excluding carboxylic acids is 1. The number of amides is 1. The van der Waals surface area contributed by atoms with E-state index in [9.17, 15) is 13.2 Å². The summed E-state index contributed by atoms with van der Waals surface area (Å²) in [5.41, 5.74) is 11.0. The van der Waals surface area contributed by atoms with Crippen molar-refractivity contribution >= 4 is 15.9 Å². The highest BCUT2D eigenvalue weighted by Crippen LogP contribution is 2.27. The molecule has 1 amide bonds. The Morgan fingerprint density at radius 1 is 1.38 bits per heavy atom. The second-order valence-corrected chi connectivity index (χ2v) is 6.54. The summed E-state index contributed by atoms with van der Waals surface area (Å²) in [5.74, 6) is 4.77. The summed E-state index contributed by atoms with van der Waals surface area (Å²) in [6.45, 7) is 0.427. The van der Waals surface area contributed by atoms with Crippen molar-refractivity contribution in [3.63, 3.8) is 0 Å². The van der Waals surface area contributed by atoms with Gasteiger partial charge in [0.1, 0.15) is 6.04 Å². The first-order valence-corrected chi connectivity index (χ1v) is 8.01. The number of sulfonamides is 1. The second-order valence-electron chi connectivity index (χ2n) is 4.68. The van der Waals surface area contributed by atoms with Crippen molar-refractivity contribution in [1.29, 1.82) is 0 Å². The summed E-state index contributed by atoms with van der Waals surface area (Å²) in [6.07, 6.45) is 1.06. The van der Waals surface area contributed by atoms with Gasteiger partial charge in [0.15, 0.2) is 0 Å². The van der Waals surface area contributed by atoms with Crippen molar-refractivity contribution in [2.75, 3.05) is 13.1 Å². The zero-order valence-electron chi connectivity index (χ0n) is 11.5. The van der Waals surface area contributed by atoms with Crippen molar-refractivity contribution in [3.05, 3.63) is 29.8 Å². The first-order valence-electron chi connectivity index (χ1n) is 6.57. The van der Waals surface area contributed by atoms with Gasteiger partial charge >= 0.3 is 0 Å². The molecule has 1 saturated heterocycles. The lowest BCUT2D eigenvalue weighted by molar-refractivity contribution is -0.121. The predicted molar refractivity (Wildman–Crippen MR) is 78.5 cm³/mol. The van der Waals surface area contributed by atoms with Gasteiger partial charge in [-0.15, -0.1) is 0 Å². The van der Waals surface area contributed by atoms with Crippen LogP contribution in [0.4, 0.5) is 0 Å². The third-order valence-electron chi connectivity index (χ3n) is 3.33. The molecule has 1 heterocycles. The summed E-state index contributed by atoms with van der Waals surface area (Å²) in [5, 5.41) is 0. The number of hydrogen-bond acceptors (Lipinski definition) is 4. The predicted octanol–water partition coefficient (Wildman–Crippen LogP) is -0.365. The minimum atomic E-state index is -3.80. The SMILES string of the molecule is NCC#Cc1ccccc1S(=O)(=O)N1CCCC1C(N)=O. The van der Waals surface area contributed by atoms with Gasteiger partial charge in [0.2, 0.25) is 15.9 Å². The number of nitrogens with two attached hydrogens (primary N) is 2. The summed E-state index contributed by atoms with van der Waals surface area (Å²) < 4.78 is 26.7. The Balaban J connectivity index is 2.47. The van der Waals surface area contributed by atoms with Crippen LogP contribution >= 0.6 is 0 Å². The molecule has 1 fully saturated rings. The van der Waals surface area contributed by atoms with E-state index < -0.39 is 22.0 Å². The van der Waals surface area contributed by atoms with Crippen molar-refractivity contribution in [1.82, 2.24) is 4.31 Å². The number of nitrogens with zero attached hydrogens (tertiary/aromatic N) is 1. The molecule has 1 unspecified atom stereocenters. The maximum absolute atomic E-state index is 12.8. The van der Waals surface area contributed by atoms with E-state index in [2.05, 4.69) is 11.8 Å². The van der Waals surface area contributed by atoms with Gasteiger partial charge in [-0.1, -0.05) is 24.0 Å². The quantitative estimate of drug-likeness (QED) is 0.743. The lowest BCUT2D eigenvalue weighted by Gasteiger charge is -2.22. The number of hydrogen-bond donors (Lipinski definition) is 2. The standard InChI is InChI=1S/C14H17N3O3S/c15-9-3-6-11-5-1-2-8-13(11)21(19,20)17-10-4-7-12(17)14(16)18/h1-2,5,8,12H,4,7,9-10,15H2,(H2,16,18). The lowest BCUT2D eigenvalue weighted by atomic mass is 10.2. The first-order chi connectivity index (χ1) is 9.98. The van der Waals surface area contributed by atoms with Gasteiger partial charge in [0, 0.05) is 12.1 Å². The molecule has 1 atom stereocenters. The molecule has 1 aromatic carbocycles. The van der Waals surface area contributed by atoms with E-state index in [0.717, 1.165) is 4.31 Å². The van der Waals surface area contributed by atoms with Gasteiger partial charge in [-0.3, -0.25) is 4.79 Å². The molecule has 6 nitrogen and oxygen atoms in total. The fraction of sp³-hybridized carbons (Fsp3) is 0.357. The maximum atomic E-state index is 12.8. The fourth-order valence-electron chi connectivity index (χ4n) is 2.38. The van der Waals surface area contributed by atoms with Gasteiger partial charge in [0.25, 0.3) is 0 Å². The smallest absolute Gasteiger partial charge is 0.245 e. The molecule has 1 aromatic rings. The van der Waals surface area contributed by atoms with E-state index in [4.69, 9.17) is 11.5 Å². The highest BCUT2D eigenvalue weighted by Gasteiger charge is 2.39. The average molecular weight is 307 g/mol. The Hall–Kier alpha value is -1.88. The molecule has 0 saturated carbocycles. The Bertz CT molecular complexity index is 704. The highest BCUT2D eigenvalue weighted by atomic mass is 32.2. The van der Waals surface area contributed by atoms with Gasteiger partial charge in [0.05, 0.1) is 11.4 Å². The maximum Gasteiger partial charge on any atom is 0.245 e. The summed E-state index contributed by atoms with van der Waals surface area (Å²) in [6, 6.07) is 5.63. The van der Waals surface area contributed by atoms with Crippen LogP contribution in [-0.4, -0.2) is 37.8 Å². The van der Waals surface area contributed by atoms with Gasteiger partial charge < -0.3 is 11.5 Å². The molecule has 7 heteroatoms. The largest absolute Gasteiger partial charge is 0.368 e. The topological polar surface area (TPSA) is 106 Å². The summed E-state index contributed by atoms with van der Waals surface area (Å²) in [7, 11) is -3.80. The van der Waals surface area contributed by atoms with Crippen LogP contribution in [0.1, 0.15) is 18.4 Å². The molecular weight excluding hydrogens is 290 g/mol. The molecular formula is C14H17N3O3S. The van der Waals surface area contributed by atoms with Crippen LogP contribution in [0.2, 0.25) is 0 Å². The van der Waals surface area contributed by atoms with Crippen molar-refractivity contribution in [2.24, 2.45) is 11.5 Å². The molecule has 0 spiro atoms. The van der Waals surface area contributed by atoms with E-state index in [-0.39, 0.29) is 18.0 Å². The molecule has 1 aliphatic heterocycles. The number of carbonyl (C=O) groups is 1. The third kappa shape index (κ3) is 3.08. The first kappa shape index (κ1) is 15.5. The molecule has 21 heavy (non-hydrogen) atoms. The van der Waals surface area contributed by atoms with Gasteiger partial charge in [-0.2, -0.15) is 4.31 Å². The fourth-order valence-corrected chi connectivity index (χ4v) is 4.19. The summed E-state index contributed by atoms with van der Waals surface area (Å²) >= 11 is 0. The molecule has 0 radical (unpaired) electrons. The van der Waals surface area contributed by atoms with Crippen LogP contribution in [0.5, 0.6) is 0 Å². The normalized spacial score (nSPS) is 19.0. The van der Waals surface area contributed by atoms with Crippen molar-refractivity contribution in [2.45, 2.75) is 23.8 Å². The van der Waals surface area contributed by atoms with Crippen molar-refractivity contribution in [3.8, 4) is 11.8 Å². The van der Waals surface area contributed by atoms with E-state index in [1.54, 1.807) is 18.2 Å². The number of rotatable bonds is 3. The van der Waals surface area contributed by atoms with E-state index >= 15 is 0 Å². The second kappa shape index (κ2) is 6.26. The van der Waals surface area contributed by atoms with E-state index in [1.807, 2.05) is 0 Å². The van der Waals surface area contributed by atoms with Crippen LogP contribution in [-0.2, 0) is 14.8 Å². The Kier molecular flexibility index (Phi) is 4.63. The van der Waals surface area contributed by atoms with Crippen LogP contribution in [0.25, 0.3) is 0 Å². The summed E-state index contributed by atoms with van der Waals surface area (Å²) in [4.78, 5) is 11.5. The number of primary amides is 1. The van der Waals surface area contributed by atoms with Crippen molar-refractivity contribution < 1.29 is 13.2 Å². The minimum absolute atomic E-state index is 0.0825. The third-order valence-corrected chi connectivity index (χ3v) is 5.30. The molecule has 4 N–H and O–H groups in total. The molecule has 0 aromatic heterocycles. The van der Waals surface area contributed by atoms with E-state index in [0.29, 0.717) is 18.4 Å². The zero-order valence-corrected chi connectivity index (χ0v) is 12.3. The molecule has 0 aliphatic carbocycles. The average Bonchev–Trinajstić information content (AvgIpc) is 2.96. The highest BCUT2D eigenvalue weighted by molar-refractivity contribution is 7.89. The Labute approximate surface area is 124 Å². The van der Waals surface area contributed by atoms with Crippen LogP contribution in [0.15, 0.2) is 29.2 Å². The lowest BCUT2D eigenvalue weighted by Crippen LogP contribution is -2.43. The van der Waals surface area contributed by atoms with Crippen LogP contribution in [0.3, 0.4) is 0 Å². The minimum Gasteiger partial charge on any atom is -0.368 e. The van der Waals surface area contributed by atoms with Crippen LogP contribution in [0, 0.1) is 11.8 Å². The Morgan fingerprint density at radius 2 is 2.10 bits per heavy atom.